The van der Waals surface area contributed by atoms with Crippen LogP contribution in [0.15, 0.2) is 60.7 Å². The van der Waals surface area contributed by atoms with E-state index in [4.69, 9.17) is 22.3 Å². The van der Waals surface area contributed by atoms with E-state index in [-0.39, 0.29) is 69.7 Å². The Labute approximate surface area is 540 Å². The van der Waals surface area contributed by atoms with Gasteiger partial charge in [-0.2, -0.15) is 11.8 Å². The molecule has 20 N–H and O–H groups in total. The van der Waals surface area contributed by atoms with Gasteiger partial charge in [-0.15, -0.1) is 0 Å². The number of aliphatic hydroxyl groups is 2. The normalized spacial score (nSPS) is 15.1. The van der Waals surface area contributed by atoms with E-state index in [0.717, 1.165) is 0 Å². The number of primary amides is 1. The summed E-state index contributed by atoms with van der Waals surface area (Å²) < 4.78 is 0. The monoisotopic (exact) mass is 1310 g/mol. The molecule has 512 valence electrons. The van der Waals surface area contributed by atoms with Gasteiger partial charge in [0.25, 0.3) is 0 Å². The van der Waals surface area contributed by atoms with Crippen LogP contribution >= 0.6 is 11.8 Å². The third-order valence-corrected chi connectivity index (χ3v) is 14.8. The number of amides is 12. The number of carboxylic acids is 1. The van der Waals surface area contributed by atoms with Gasteiger partial charge >= 0.3 is 5.97 Å². The van der Waals surface area contributed by atoms with Crippen LogP contribution in [0, 0.1) is 11.8 Å². The lowest BCUT2D eigenvalue weighted by Crippen LogP contribution is -2.61. The van der Waals surface area contributed by atoms with Crippen LogP contribution in [-0.4, -0.2) is 196 Å². The first-order valence-corrected chi connectivity index (χ1v) is 31.9. The number of rotatable bonds is 43. The molecule has 0 aromatic heterocycles. The van der Waals surface area contributed by atoms with Crippen molar-refractivity contribution in [2.24, 2.45) is 29.0 Å². The highest BCUT2D eigenvalue weighted by molar-refractivity contribution is 7.98. The van der Waals surface area contributed by atoms with E-state index in [1.807, 2.05) is 0 Å². The molecule has 0 aliphatic rings. The Hall–Kier alpha value is -8.26. The van der Waals surface area contributed by atoms with E-state index in [2.05, 4.69) is 58.5 Å². The topological polar surface area (TPSA) is 493 Å². The smallest absolute Gasteiger partial charge is 0.322 e. The molecule has 0 saturated carbocycles. The number of benzene rings is 2. The van der Waals surface area contributed by atoms with E-state index < -0.39 is 163 Å². The lowest BCUT2D eigenvalue weighted by atomic mass is 10.0. The quantitative estimate of drug-likeness (QED) is 0.0287. The van der Waals surface area contributed by atoms with Gasteiger partial charge in [0.15, 0.2) is 0 Å². The number of carbonyl (C=O) groups is 13. The first kappa shape index (κ1) is 79.8. The molecule has 92 heavy (non-hydrogen) atoms. The SMILES string of the molecule is CSCC[C@H](NC(=O)[C@H](CC(C)C)NC(=O)[C@@H](NC(=O)[C@H](Cc1ccccc1)NC(=O)CNC(=O)[C@@H](NC(=O)[C@H](CC(C)C)NC(=O)[C@H](CCCCN)NC(=O)[C@H](C)NC(=O)[C@H](Cc1ccccc1)NC(=O)[C@@H](N)CCC(N)=O)[C@@H](C)O)[C@@H](C)O)C(=O)NCC(=O)O. The Bertz CT molecular complexity index is 2760. The highest BCUT2D eigenvalue weighted by Gasteiger charge is 2.37. The molecule has 0 aliphatic carbocycles. The molecule has 0 spiro atoms. The van der Waals surface area contributed by atoms with Crippen LogP contribution in [0.5, 0.6) is 0 Å². The van der Waals surface area contributed by atoms with E-state index in [9.17, 15) is 72.5 Å². The number of thioether (sulfide) groups is 1. The molecular formula is C61H96N14O16S. The molecule has 0 bridgehead atoms. The molecule has 2 aromatic rings. The fourth-order valence-electron chi connectivity index (χ4n) is 9.11. The Morgan fingerprint density at radius 2 is 0.891 bits per heavy atom. The highest BCUT2D eigenvalue weighted by atomic mass is 32.2. The molecule has 0 radical (unpaired) electrons. The van der Waals surface area contributed by atoms with E-state index in [1.165, 1.54) is 32.5 Å². The van der Waals surface area contributed by atoms with Gasteiger partial charge in [-0.1, -0.05) is 88.4 Å². The molecule has 0 aliphatic heterocycles. The van der Waals surface area contributed by atoms with Crippen LogP contribution in [0.3, 0.4) is 0 Å². The van der Waals surface area contributed by atoms with Gasteiger partial charge in [-0.25, -0.2) is 0 Å². The van der Waals surface area contributed by atoms with Crippen LogP contribution in [0.2, 0.25) is 0 Å². The number of unbranched alkanes of at least 4 members (excludes halogenated alkanes) is 1. The Morgan fingerprint density at radius 1 is 0.467 bits per heavy atom. The second-order valence-electron chi connectivity index (χ2n) is 23.3. The lowest BCUT2D eigenvalue weighted by Gasteiger charge is -2.28. The van der Waals surface area contributed by atoms with Gasteiger partial charge in [0.2, 0.25) is 70.9 Å². The van der Waals surface area contributed by atoms with Crippen molar-refractivity contribution in [3.8, 4) is 0 Å². The molecule has 2 rings (SSSR count). The number of carbonyl (C=O) groups excluding carboxylic acids is 12. The van der Waals surface area contributed by atoms with Gasteiger partial charge in [-0.3, -0.25) is 62.3 Å². The Kier molecular flexibility index (Phi) is 36.4. The van der Waals surface area contributed by atoms with Gasteiger partial charge in [0.1, 0.15) is 60.9 Å². The fraction of sp³-hybridized carbons (Fsp3) is 0.590. The van der Waals surface area contributed by atoms with E-state index in [1.54, 1.807) is 94.6 Å². The standard InChI is InChI=1S/C61H96N14O16S/c1-33(2)27-43(57(87)70-42(24-26-92-8)54(84)66-32-49(80)81)73-61(91)51(37(7)77)75-59(89)45(29-38-17-11-9-12-18-38)68-48(79)31-65-60(90)50(36(6)76)74-58(88)44(28-34(3)4)72-55(85)41(21-15-16-25-62)69-52(82)35(5)67-56(86)46(30-39-19-13-10-14-20-39)71-53(83)40(63)22-23-47(64)78/h9-14,17-20,33-37,40-46,50-51,76-77H,15-16,21-32,62-63H2,1-8H3,(H2,64,78)(H,65,90)(H,66,84)(H,67,86)(H,68,79)(H,69,82)(H,70,87)(H,71,83)(H,72,85)(H,73,91)(H,74,88)(H,75,89)(H,80,81)/t35-,36+,37+,40-,41-,42-,43-,44-,45-,46-,50-,51-/m0/s1. The number of aliphatic hydroxyl groups excluding tert-OH is 2. The van der Waals surface area contributed by atoms with Crippen LogP contribution < -0.4 is 75.7 Å². The first-order valence-electron chi connectivity index (χ1n) is 30.5. The van der Waals surface area contributed by atoms with Crippen LogP contribution in [0.4, 0.5) is 0 Å². The van der Waals surface area contributed by atoms with Gasteiger partial charge in [-0.05, 0) is 107 Å². The summed E-state index contributed by atoms with van der Waals surface area (Å²) in [7, 11) is 0. The molecule has 0 saturated heterocycles. The summed E-state index contributed by atoms with van der Waals surface area (Å²) >= 11 is 1.37. The van der Waals surface area contributed by atoms with Gasteiger partial charge < -0.3 is 91.0 Å². The maximum absolute atomic E-state index is 14.1. The number of nitrogens with one attached hydrogen (secondary N) is 11. The molecule has 12 amide bonds. The van der Waals surface area contributed by atoms with Crippen molar-refractivity contribution in [1.82, 2.24) is 58.5 Å². The van der Waals surface area contributed by atoms with Crippen molar-refractivity contribution in [1.29, 1.82) is 0 Å². The van der Waals surface area contributed by atoms with Crippen LogP contribution in [-0.2, 0) is 75.2 Å². The zero-order chi connectivity index (χ0) is 69.2. The van der Waals surface area contributed by atoms with Crippen molar-refractivity contribution in [3.63, 3.8) is 0 Å². The average Bonchev–Trinajstić information content (AvgIpc) is 1.00. The van der Waals surface area contributed by atoms with Gasteiger partial charge in [0, 0.05) is 19.3 Å². The predicted molar refractivity (Wildman–Crippen MR) is 342 cm³/mol. The molecule has 31 heteroatoms. The number of aliphatic carboxylic acids is 1. The second kappa shape index (κ2) is 42.0. The van der Waals surface area contributed by atoms with Crippen molar-refractivity contribution in [3.05, 3.63) is 71.8 Å². The second-order valence-corrected chi connectivity index (χ2v) is 24.2. The summed E-state index contributed by atoms with van der Waals surface area (Å²) in [5, 5.41) is 58.2. The maximum Gasteiger partial charge on any atom is 0.322 e. The number of hydrogen-bond donors (Lipinski definition) is 17. The number of hydrogen-bond acceptors (Lipinski definition) is 18. The van der Waals surface area contributed by atoms with Gasteiger partial charge in [0.05, 0.1) is 24.8 Å². The van der Waals surface area contributed by atoms with E-state index >= 15 is 0 Å². The van der Waals surface area contributed by atoms with Crippen molar-refractivity contribution < 1.29 is 77.6 Å². The van der Waals surface area contributed by atoms with Crippen LogP contribution in [0.25, 0.3) is 0 Å². The third-order valence-electron chi connectivity index (χ3n) is 14.1. The molecular weight excluding hydrogens is 1220 g/mol. The summed E-state index contributed by atoms with van der Waals surface area (Å²) in [6, 6.07) is 3.15. The van der Waals surface area contributed by atoms with E-state index in [0.29, 0.717) is 29.7 Å². The minimum absolute atomic E-state index is 0.0146. The highest BCUT2D eigenvalue weighted by Crippen LogP contribution is 2.13. The summed E-state index contributed by atoms with van der Waals surface area (Å²) in [6.07, 6.45) is -0.969. The molecule has 0 unspecified atom stereocenters. The maximum atomic E-state index is 14.1. The summed E-state index contributed by atoms with van der Waals surface area (Å²) in [5.41, 5.74) is 18.1. The third kappa shape index (κ3) is 30.7. The number of carboxylic acid groups (broad SMARTS) is 1. The predicted octanol–water partition coefficient (Wildman–Crippen LogP) is -3.50. The fourth-order valence-corrected chi connectivity index (χ4v) is 9.58. The molecule has 12 atom stereocenters. The largest absolute Gasteiger partial charge is 0.480 e. The zero-order valence-electron chi connectivity index (χ0n) is 53.5. The van der Waals surface area contributed by atoms with Crippen molar-refractivity contribution in [2.75, 3.05) is 31.6 Å². The Morgan fingerprint density at radius 3 is 1.38 bits per heavy atom. The average molecular weight is 1310 g/mol. The minimum Gasteiger partial charge on any atom is -0.480 e. The lowest BCUT2D eigenvalue weighted by molar-refractivity contribution is -0.139. The molecule has 30 nitrogen and oxygen atoms in total. The summed E-state index contributed by atoms with van der Waals surface area (Å²) in [5.74, 6) is -11.7. The van der Waals surface area contributed by atoms with Crippen molar-refractivity contribution in [2.45, 2.75) is 185 Å². The zero-order valence-corrected chi connectivity index (χ0v) is 54.4. The Balaban J connectivity index is 2.30. The molecule has 2 aromatic carbocycles. The summed E-state index contributed by atoms with van der Waals surface area (Å²) in [4.78, 5) is 173. The summed E-state index contributed by atoms with van der Waals surface area (Å²) in [6.45, 7) is 9.44. The molecule has 0 fully saturated rings. The first-order chi connectivity index (χ1) is 43.4. The van der Waals surface area contributed by atoms with Crippen LogP contribution in [0.1, 0.15) is 111 Å². The van der Waals surface area contributed by atoms with Crippen molar-refractivity contribution >= 4 is 88.6 Å². The minimum atomic E-state index is -1.74. The molecule has 0 heterocycles. The number of nitrogens with two attached hydrogens (primary N) is 3.